The van der Waals surface area contributed by atoms with Crippen LogP contribution in [0.5, 0.6) is 0 Å². The average Bonchev–Trinajstić information content (AvgIpc) is 2.68. The molecule has 0 N–H and O–H groups in total. The predicted molar refractivity (Wildman–Crippen MR) is 58.9 cm³/mol. The molecule has 0 aliphatic carbocycles. The van der Waals surface area contributed by atoms with Crippen molar-refractivity contribution in [3.63, 3.8) is 0 Å². The molecule has 2 heterocycles. The summed E-state index contributed by atoms with van der Waals surface area (Å²) in [5.74, 6) is 0.569. The van der Waals surface area contributed by atoms with Crippen molar-refractivity contribution >= 4 is 11.3 Å². The van der Waals surface area contributed by atoms with Gasteiger partial charge in [0.1, 0.15) is 0 Å². The number of rotatable bonds is 3. The van der Waals surface area contributed by atoms with Gasteiger partial charge < -0.3 is 4.74 Å². The molecule has 2 nitrogen and oxygen atoms in total. The minimum Gasteiger partial charge on any atom is -0.381 e. The number of aryl methyl sites for hydroxylation is 1. The van der Waals surface area contributed by atoms with Crippen LogP contribution in [0.4, 0.5) is 0 Å². The van der Waals surface area contributed by atoms with E-state index in [1.165, 1.54) is 30.0 Å². The molecular weight excluding hydrogens is 194 g/mol. The van der Waals surface area contributed by atoms with Gasteiger partial charge in [0.15, 0.2) is 0 Å². The van der Waals surface area contributed by atoms with Crippen molar-refractivity contribution in [3.8, 4) is 0 Å². The second-order valence-electron chi connectivity index (χ2n) is 3.84. The van der Waals surface area contributed by atoms with E-state index in [9.17, 15) is 0 Å². The maximum atomic E-state index is 5.47. The number of ether oxygens (including phenoxy) is 1. The Hall–Kier alpha value is -0.410. The summed E-state index contributed by atoms with van der Waals surface area (Å²) in [7, 11) is 0. The summed E-state index contributed by atoms with van der Waals surface area (Å²) in [6, 6.07) is 0. The predicted octanol–water partition coefficient (Wildman–Crippen LogP) is 2.99. The second-order valence-corrected chi connectivity index (χ2v) is 4.73. The van der Waals surface area contributed by atoms with Crippen LogP contribution in [0.1, 0.15) is 42.8 Å². The molecule has 1 saturated heterocycles. The van der Waals surface area contributed by atoms with Gasteiger partial charge in [-0.25, -0.2) is 4.98 Å². The molecule has 14 heavy (non-hydrogen) atoms. The lowest BCUT2D eigenvalue weighted by molar-refractivity contribution is 0.0803. The summed E-state index contributed by atoms with van der Waals surface area (Å²) in [6.07, 6.45) is 4.74. The van der Waals surface area contributed by atoms with Crippen LogP contribution < -0.4 is 0 Å². The fraction of sp³-hybridized carbons (Fsp3) is 0.727. The lowest BCUT2D eigenvalue weighted by Crippen LogP contribution is -2.15. The maximum Gasteiger partial charge on any atom is 0.0982 e. The van der Waals surface area contributed by atoms with Gasteiger partial charge in [-0.1, -0.05) is 13.3 Å². The molecule has 0 aromatic carbocycles. The number of hydrogen-bond acceptors (Lipinski definition) is 3. The van der Waals surface area contributed by atoms with Crippen molar-refractivity contribution in [2.45, 2.75) is 38.5 Å². The lowest BCUT2D eigenvalue weighted by atomic mass is 10.0. The molecule has 1 aromatic heterocycles. The highest BCUT2D eigenvalue weighted by Crippen LogP contribution is 2.28. The third kappa shape index (κ3) is 2.34. The van der Waals surface area contributed by atoms with Crippen LogP contribution >= 0.6 is 11.3 Å². The van der Waals surface area contributed by atoms with Gasteiger partial charge >= 0.3 is 0 Å². The van der Waals surface area contributed by atoms with Gasteiger partial charge in [-0.05, 0) is 19.3 Å². The van der Waals surface area contributed by atoms with E-state index in [-0.39, 0.29) is 0 Å². The molecule has 78 valence electrons. The zero-order valence-corrected chi connectivity index (χ0v) is 9.48. The van der Waals surface area contributed by atoms with E-state index < -0.39 is 0 Å². The number of thiazole rings is 1. The highest BCUT2D eigenvalue weighted by molar-refractivity contribution is 7.09. The molecule has 0 radical (unpaired) electrons. The van der Waals surface area contributed by atoms with E-state index in [1.807, 2.05) is 0 Å². The van der Waals surface area contributed by atoms with Crippen molar-refractivity contribution in [2.24, 2.45) is 0 Å². The molecule has 1 aliphatic rings. The minimum atomic E-state index is 0.569. The molecule has 0 saturated carbocycles. The molecule has 0 amide bonds. The summed E-state index contributed by atoms with van der Waals surface area (Å²) < 4.78 is 5.47. The van der Waals surface area contributed by atoms with Gasteiger partial charge in [0.2, 0.25) is 0 Å². The Morgan fingerprint density at radius 2 is 2.57 bits per heavy atom. The van der Waals surface area contributed by atoms with E-state index in [4.69, 9.17) is 4.74 Å². The van der Waals surface area contributed by atoms with E-state index in [1.54, 1.807) is 11.3 Å². The SMILES string of the molecule is CCCc1csc(C2CCCOC2)n1. The fourth-order valence-corrected chi connectivity index (χ4v) is 2.79. The van der Waals surface area contributed by atoms with E-state index in [0.717, 1.165) is 19.6 Å². The molecule has 1 aromatic rings. The molecule has 1 fully saturated rings. The van der Waals surface area contributed by atoms with Crippen molar-refractivity contribution in [1.29, 1.82) is 0 Å². The summed E-state index contributed by atoms with van der Waals surface area (Å²) in [4.78, 5) is 4.66. The second kappa shape index (κ2) is 4.89. The van der Waals surface area contributed by atoms with Crippen LogP contribution in [0, 0.1) is 0 Å². The fourth-order valence-electron chi connectivity index (χ4n) is 1.82. The van der Waals surface area contributed by atoms with Crippen molar-refractivity contribution in [1.82, 2.24) is 4.98 Å². The maximum absolute atomic E-state index is 5.47. The average molecular weight is 211 g/mol. The Balaban J connectivity index is 2.00. The van der Waals surface area contributed by atoms with Crippen LogP contribution in [0.15, 0.2) is 5.38 Å². The molecule has 1 aliphatic heterocycles. The molecule has 0 bridgehead atoms. The van der Waals surface area contributed by atoms with Crippen molar-refractivity contribution < 1.29 is 4.74 Å². The van der Waals surface area contributed by atoms with Crippen molar-refractivity contribution in [2.75, 3.05) is 13.2 Å². The summed E-state index contributed by atoms with van der Waals surface area (Å²) in [5, 5.41) is 3.49. The van der Waals surface area contributed by atoms with Gasteiger partial charge in [-0.2, -0.15) is 0 Å². The first-order valence-corrected chi connectivity index (χ1v) is 6.30. The molecule has 1 atom stereocenters. The normalized spacial score (nSPS) is 22.5. The highest BCUT2D eigenvalue weighted by Gasteiger charge is 2.18. The molecule has 3 heteroatoms. The van der Waals surface area contributed by atoms with Gasteiger partial charge in [0, 0.05) is 17.9 Å². The molecule has 2 rings (SSSR count). The molecular formula is C11H17NOS. The largest absolute Gasteiger partial charge is 0.381 e. The number of hydrogen-bond donors (Lipinski definition) is 0. The Labute approximate surface area is 89.3 Å². The summed E-state index contributed by atoms with van der Waals surface area (Å²) >= 11 is 1.80. The Morgan fingerprint density at radius 3 is 3.29 bits per heavy atom. The van der Waals surface area contributed by atoms with E-state index in [2.05, 4.69) is 17.3 Å². The first kappa shape index (κ1) is 10.1. The Bertz CT molecular complexity index is 279. The Morgan fingerprint density at radius 1 is 1.64 bits per heavy atom. The zero-order chi connectivity index (χ0) is 9.80. The first-order chi connectivity index (χ1) is 6.90. The van der Waals surface area contributed by atoms with Gasteiger partial charge in [0.05, 0.1) is 17.3 Å². The monoisotopic (exact) mass is 211 g/mol. The summed E-state index contributed by atoms with van der Waals surface area (Å²) in [6.45, 7) is 4.01. The minimum absolute atomic E-state index is 0.569. The van der Waals surface area contributed by atoms with Crippen LogP contribution in [0.3, 0.4) is 0 Å². The smallest absolute Gasteiger partial charge is 0.0982 e. The van der Waals surface area contributed by atoms with Crippen LogP contribution in [-0.4, -0.2) is 18.2 Å². The number of aromatic nitrogens is 1. The van der Waals surface area contributed by atoms with Gasteiger partial charge in [-0.15, -0.1) is 11.3 Å². The van der Waals surface area contributed by atoms with Crippen LogP contribution in [-0.2, 0) is 11.2 Å². The summed E-state index contributed by atoms with van der Waals surface area (Å²) in [5.41, 5.74) is 1.26. The lowest BCUT2D eigenvalue weighted by Gasteiger charge is -2.19. The topological polar surface area (TPSA) is 22.1 Å². The van der Waals surface area contributed by atoms with Crippen molar-refractivity contribution in [3.05, 3.63) is 16.1 Å². The van der Waals surface area contributed by atoms with Crippen LogP contribution in [0.2, 0.25) is 0 Å². The third-order valence-electron chi connectivity index (χ3n) is 2.59. The van der Waals surface area contributed by atoms with Crippen LogP contribution in [0.25, 0.3) is 0 Å². The zero-order valence-electron chi connectivity index (χ0n) is 8.66. The highest BCUT2D eigenvalue weighted by atomic mass is 32.1. The first-order valence-electron chi connectivity index (χ1n) is 5.42. The number of nitrogens with zero attached hydrogens (tertiary/aromatic N) is 1. The third-order valence-corrected chi connectivity index (χ3v) is 3.64. The molecule has 1 unspecified atom stereocenters. The molecule has 0 spiro atoms. The van der Waals surface area contributed by atoms with E-state index >= 15 is 0 Å². The Kier molecular flexibility index (Phi) is 3.54. The van der Waals surface area contributed by atoms with Gasteiger partial charge in [0.25, 0.3) is 0 Å². The van der Waals surface area contributed by atoms with E-state index in [0.29, 0.717) is 5.92 Å². The standard InChI is InChI=1S/C11H17NOS/c1-2-4-10-8-14-11(12-10)9-5-3-6-13-7-9/h8-9H,2-7H2,1H3. The van der Waals surface area contributed by atoms with Gasteiger partial charge in [-0.3, -0.25) is 0 Å². The quantitative estimate of drug-likeness (QED) is 0.766.